The summed E-state index contributed by atoms with van der Waals surface area (Å²) >= 11 is 0. The van der Waals surface area contributed by atoms with Gasteiger partial charge in [-0.25, -0.2) is 13.2 Å². The highest BCUT2D eigenvalue weighted by Gasteiger charge is 2.43. The topological polar surface area (TPSA) is 165 Å². The van der Waals surface area contributed by atoms with Crippen LogP contribution in [0.3, 0.4) is 0 Å². The molecule has 12 heteroatoms. The number of hydrogen-bond acceptors (Lipinski definition) is 9. The van der Waals surface area contributed by atoms with Crippen molar-refractivity contribution in [2.24, 2.45) is 0 Å². The predicted molar refractivity (Wildman–Crippen MR) is 77.6 cm³/mol. The van der Waals surface area contributed by atoms with Gasteiger partial charge in [0.05, 0.1) is 6.61 Å². The minimum atomic E-state index is -3.19. The first kappa shape index (κ1) is 19.4. The maximum atomic E-state index is 11.6. The molecule has 0 spiro atoms. The monoisotopic (exact) mass is 360 g/mol. The number of aliphatic hydroxyl groups is 4. The zero-order chi connectivity index (χ0) is 16.9. The second-order valence-electron chi connectivity index (χ2n) is 4.68. The van der Waals surface area contributed by atoms with E-state index in [0.717, 1.165) is 6.26 Å². The van der Waals surface area contributed by atoms with Gasteiger partial charge >= 0.3 is 6.03 Å². The molecule has 6 N–H and O–H groups in total. The van der Waals surface area contributed by atoms with Crippen LogP contribution in [-0.2, 0) is 13.6 Å². The summed E-state index contributed by atoms with van der Waals surface area (Å²) in [4.78, 5) is 11.6. The summed E-state index contributed by atoms with van der Waals surface area (Å²) in [6.45, 7) is -0.545. The third-order valence-electron chi connectivity index (χ3n) is 2.85. The van der Waals surface area contributed by atoms with Crippen LogP contribution in [-0.4, -0.2) is 90.7 Å². The molecule has 0 bridgehead atoms. The lowest BCUT2D eigenvalue weighted by atomic mass is 9.98. The molecule has 0 saturated carbocycles. The number of amides is 2. The van der Waals surface area contributed by atoms with E-state index >= 15 is 0 Å². The minimum Gasteiger partial charge on any atom is -0.394 e. The van der Waals surface area contributed by atoms with Gasteiger partial charge in [0.1, 0.15) is 24.4 Å². The van der Waals surface area contributed by atoms with Crippen molar-refractivity contribution in [3.8, 4) is 0 Å². The second kappa shape index (κ2) is 8.29. The highest BCUT2D eigenvalue weighted by atomic mass is 33.1. The summed E-state index contributed by atoms with van der Waals surface area (Å²) in [5.74, 6) is 0.140. The van der Waals surface area contributed by atoms with Crippen molar-refractivity contribution < 1.29 is 38.4 Å². The quantitative estimate of drug-likeness (QED) is 0.211. The molecule has 1 rings (SSSR count). The Morgan fingerprint density at radius 2 is 1.86 bits per heavy atom. The molecule has 1 aliphatic heterocycles. The summed E-state index contributed by atoms with van der Waals surface area (Å²) in [7, 11) is -2.52. The van der Waals surface area contributed by atoms with Gasteiger partial charge in [-0.05, 0) is 10.8 Å². The Morgan fingerprint density at radius 1 is 1.23 bits per heavy atom. The standard InChI is InChI=1S/C10H20N2O8S2/c1-22(18,19)21-3-2-11-10(17)12-9-8(16)7(15)6(14)5(4-13)20-9/h5-9,13-16H,2-4H2,1H3,(H2,11,12,17)/t5-,6-,7+,8-,9-/m1/s1. The van der Waals surface area contributed by atoms with E-state index in [4.69, 9.17) is 9.84 Å². The van der Waals surface area contributed by atoms with Crippen LogP contribution in [0.2, 0.25) is 0 Å². The lowest BCUT2D eigenvalue weighted by Crippen LogP contribution is -2.64. The molecular formula is C10H20N2O8S2. The zero-order valence-corrected chi connectivity index (χ0v) is 13.4. The molecule has 1 fully saturated rings. The van der Waals surface area contributed by atoms with Gasteiger partial charge in [0, 0.05) is 18.6 Å². The van der Waals surface area contributed by atoms with Crippen LogP contribution in [0.1, 0.15) is 0 Å². The molecule has 2 amide bonds. The van der Waals surface area contributed by atoms with Crippen molar-refractivity contribution in [2.75, 3.05) is 25.2 Å². The molecule has 1 heterocycles. The van der Waals surface area contributed by atoms with Crippen LogP contribution in [0, 0.1) is 0 Å². The Labute approximate surface area is 131 Å². The maximum absolute atomic E-state index is 11.6. The predicted octanol–water partition coefficient (Wildman–Crippen LogP) is -3.22. The average Bonchev–Trinajstić information content (AvgIpc) is 2.43. The number of urea groups is 1. The van der Waals surface area contributed by atoms with Crippen LogP contribution in [0.15, 0.2) is 0 Å². The highest BCUT2D eigenvalue weighted by Crippen LogP contribution is 2.19. The van der Waals surface area contributed by atoms with E-state index in [1.807, 2.05) is 0 Å². The van der Waals surface area contributed by atoms with Crippen molar-refractivity contribution in [3.63, 3.8) is 0 Å². The third kappa shape index (κ3) is 5.87. The smallest absolute Gasteiger partial charge is 0.316 e. The lowest BCUT2D eigenvalue weighted by Gasteiger charge is -2.40. The van der Waals surface area contributed by atoms with Gasteiger partial charge in [-0.2, -0.15) is 0 Å². The molecule has 0 aliphatic carbocycles. The second-order valence-corrected chi connectivity index (χ2v) is 9.25. The summed E-state index contributed by atoms with van der Waals surface area (Å²) in [5.41, 5.74) is 0. The zero-order valence-electron chi connectivity index (χ0n) is 11.7. The van der Waals surface area contributed by atoms with E-state index in [-0.39, 0.29) is 12.3 Å². The van der Waals surface area contributed by atoms with E-state index in [2.05, 4.69) is 10.6 Å². The summed E-state index contributed by atoms with van der Waals surface area (Å²) in [5, 5.41) is 42.4. The van der Waals surface area contributed by atoms with Crippen molar-refractivity contribution in [3.05, 3.63) is 0 Å². The fourth-order valence-electron chi connectivity index (χ4n) is 1.76. The SMILES string of the molecule is CS(=O)(=O)SCCNC(=O)N[C@@H]1O[C@H](CO)[C@@H](O)[C@H](O)[C@H]1O. The van der Waals surface area contributed by atoms with Crippen LogP contribution >= 0.6 is 10.8 Å². The van der Waals surface area contributed by atoms with Gasteiger partial charge in [-0.1, -0.05) is 0 Å². The molecular weight excluding hydrogens is 340 g/mol. The number of hydrogen-bond donors (Lipinski definition) is 6. The van der Waals surface area contributed by atoms with Crippen LogP contribution in [0.25, 0.3) is 0 Å². The van der Waals surface area contributed by atoms with Crippen LogP contribution < -0.4 is 10.6 Å². The van der Waals surface area contributed by atoms with Gasteiger partial charge < -0.3 is 35.8 Å². The van der Waals surface area contributed by atoms with Crippen LogP contribution in [0.5, 0.6) is 0 Å². The summed E-state index contributed by atoms with van der Waals surface area (Å²) in [6.07, 6.45) is -6.06. The van der Waals surface area contributed by atoms with E-state index in [1.165, 1.54) is 0 Å². The van der Waals surface area contributed by atoms with Gasteiger partial charge in [-0.3, -0.25) is 0 Å². The molecule has 5 atom stereocenters. The molecule has 10 nitrogen and oxygen atoms in total. The number of carbonyl (C=O) groups is 1. The van der Waals surface area contributed by atoms with Crippen molar-refractivity contribution in [2.45, 2.75) is 30.6 Å². The molecule has 0 unspecified atom stereocenters. The molecule has 0 aromatic heterocycles. The van der Waals surface area contributed by atoms with E-state index in [0.29, 0.717) is 10.8 Å². The van der Waals surface area contributed by atoms with Crippen molar-refractivity contribution in [1.29, 1.82) is 0 Å². The molecule has 0 aromatic carbocycles. The summed E-state index contributed by atoms with van der Waals surface area (Å²) in [6, 6.07) is -0.751. The Bertz CT molecular complexity index is 472. The Kier molecular flexibility index (Phi) is 7.31. The van der Waals surface area contributed by atoms with Crippen molar-refractivity contribution >= 4 is 25.7 Å². The molecule has 1 aliphatic rings. The third-order valence-corrected chi connectivity index (χ3v) is 5.43. The Morgan fingerprint density at radius 3 is 2.41 bits per heavy atom. The average molecular weight is 360 g/mol. The first-order chi connectivity index (χ1) is 10.2. The highest BCUT2D eigenvalue weighted by molar-refractivity contribution is 8.71. The molecule has 0 aromatic rings. The number of rotatable bonds is 6. The normalized spacial score (nSPS) is 32.5. The van der Waals surface area contributed by atoms with Crippen LogP contribution in [0.4, 0.5) is 4.79 Å². The Balaban J connectivity index is 2.42. The largest absolute Gasteiger partial charge is 0.394 e. The fraction of sp³-hybridized carbons (Fsp3) is 0.900. The van der Waals surface area contributed by atoms with Gasteiger partial charge in [-0.15, -0.1) is 0 Å². The molecule has 130 valence electrons. The molecule has 22 heavy (non-hydrogen) atoms. The number of carbonyl (C=O) groups excluding carboxylic acids is 1. The van der Waals surface area contributed by atoms with E-state index < -0.39 is 52.2 Å². The van der Waals surface area contributed by atoms with Gasteiger partial charge in [0.15, 0.2) is 15.1 Å². The minimum absolute atomic E-state index is 0.0565. The molecule has 1 saturated heterocycles. The van der Waals surface area contributed by atoms with E-state index in [1.54, 1.807) is 0 Å². The maximum Gasteiger partial charge on any atom is 0.316 e. The lowest BCUT2D eigenvalue weighted by molar-refractivity contribution is -0.233. The number of aliphatic hydroxyl groups excluding tert-OH is 4. The van der Waals surface area contributed by atoms with Crippen molar-refractivity contribution in [1.82, 2.24) is 10.6 Å². The number of ether oxygens (including phenoxy) is 1. The molecule has 0 radical (unpaired) electrons. The van der Waals surface area contributed by atoms with Gasteiger partial charge in [0.25, 0.3) is 0 Å². The number of nitrogens with one attached hydrogen (secondary N) is 2. The van der Waals surface area contributed by atoms with Gasteiger partial charge in [0.2, 0.25) is 0 Å². The fourth-order valence-corrected chi connectivity index (χ4v) is 3.41. The summed E-state index contributed by atoms with van der Waals surface area (Å²) < 4.78 is 26.8. The first-order valence-corrected chi connectivity index (χ1v) is 9.74. The Hall–Kier alpha value is -0.630. The first-order valence-electron chi connectivity index (χ1n) is 6.35. The van der Waals surface area contributed by atoms with E-state index in [9.17, 15) is 28.5 Å².